The molecule has 3 heterocycles. The van der Waals surface area contributed by atoms with Gasteiger partial charge in [0, 0.05) is 30.6 Å². The lowest BCUT2D eigenvalue weighted by atomic mass is 9.65. The predicted molar refractivity (Wildman–Crippen MR) is 177 cm³/mol. The molecule has 0 aromatic heterocycles. The van der Waals surface area contributed by atoms with Crippen LogP contribution in [0.3, 0.4) is 0 Å². The Bertz CT molecular complexity index is 1350. The maximum atomic E-state index is 14.9. The number of likely N-dealkylation sites (tertiary alicyclic amines) is 1. The Morgan fingerprint density at radius 3 is 2.34 bits per heavy atom. The van der Waals surface area contributed by atoms with Crippen molar-refractivity contribution in [2.24, 2.45) is 17.8 Å². The number of rotatable bonds is 14. The summed E-state index contributed by atoms with van der Waals surface area (Å²) in [5.41, 5.74) is 1.74. The number of hydrogen-bond donors (Lipinski definition) is 1. The number of unbranched alkanes of at least 4 members (excludes halogenated alkanes) is 1. The summed E-state index contributed by atoms with van der Waals surface area (Å²) in [7, 11) is 0. The largest absolute Gasteiger partial charge is 0.394 e. The fraction of sp³-hybridized carbons (Fsp3) is 0.472. The Balaban J connectivity index is 1.60. The number of benzene rings is 2. The number of hydrogen-bond acceptors (Lipinski definition) is 5. The summed E-state index contributed by atoms with van der Waals surface area (Å²) >= 11 is 1.67. The second-order valence-electron chi connectivity index (χ2n) is 12.3. The molecule has 7 nitrogen and oxygen atoms in total. The van der Waals surface area contributed by atoms with Crippen LogP contribution in [-0.4, -0.2) is 80.9 Å². The van der Waals surface area contributed by atoms with Gasteiger partial charge in [0.1, 0.15) is 6.04 Å². The van der Waals surface area contributed by atoms with Crippen LogP contribution in [0, 0.1) is 17.8 Å². The van der Waals surface area contributed by atoms with Gasteiger partial charge in [-0.1, -0.05) is 81.0 Å². The third-order valence-electron chi connectivity index (χ3n) is 9.71. The third kappa shape index (κ3) is 5.51. The van der Waals surface area contributed by atoms with Gasteiger partial charge in [-0.05, 0) is 42.9 Å². The third-order valence-corrected chi connectivity index (χ3v) is 11.8. The normalized spacial score (nSPS) is 27.6. The minimum absolute atomic E-state index is 0.0341. The smallest absolute Gasteiger partial charge is 0.247 e. The molecule has 3 aliphatic heterocycles. The molecule has 3 aliphatic rings. The summed E-state index contributed by atoms with van der Waals surface area (Å²) in [6.45, 7) is 13.0. The van der Waals surface area contributed by atoms with E-state index in [9.17, 15) is 19.5 Å². The van der Waals surface area contributed by atoms with Crippen molar-refractivity contribution in [1.29, 1.82) is 0 Å². The number of amides is 3. The maximum absolute atomic E-state index is 14.9. The van der Waals surface area contributed by atoms with Crippen LogP contribution in [0.5, 0.6) is 0 Å². The van der Waals surface area contributed by atoms with Crippen LogP contribution in [-0.2, 0) is 20.8 Å². The minimum Gasteiger partial charge on any atom is -0.394 e. The number of aliphatic hydroxyl groups is 1. The van der Waals surface area contributed by atoms with Gasteiger partial charge in [-0.15, -0.1) is 24.9 Å². The van der Waals surface area contributed by atoms with E-state index in [1.165, 1.54) is 0 Å². The highest BCUT2D eigenvalue weighted by Gasteiger charge is 2.77. The average molecular weight is 616 g/mol. The minimum atomic E-state index is -0.787. The molecule has 2 bridgehead atoms. The van der Waals surface area contributed by atoms with Gasteiger partial charge in [0.15, 0.2) is 0 Å². The van der Waals surface area contributed by atoms with Crippen molar-refractivity contribution in [3.63, 3.8) is 0 Å². The van der Waals surface area contributed by atoms with Crippen molar-refractivity contribution >= 4 is 35.2 Å². The summed E-state index contributed by atoms with van der Waals surface area (Å²) in [5.74, 6) is -1.62. The molecule has 5 rings (SSSR count). The fourth-order valence-electron chi connectivity index (χ4n) is 7.76. The zero-order valence-corrected chi connectivity index (χ0v) is 26.7. The van der Waals surface area contributed by atoms with Gasteiger partial charge in [-0.25, -0.2) is 0 Å². The highest BCUT2D eigenvalue weighted by atomic mass is 32.2. The van der Waals surface area contributed by atoms with E-state index in [1.54, 1.807) is 33.7 Å². The molecule has 0 aliphatic carbocycles. The highest BCUT2D eigenvalue weighted by Crippen LogP contribution is 2.69. The molecule has 234 valence electrons. The van der Waals surface area contributed by atoms with E-state index >= 15 is 0 Å². The first-order valence-electron chi connectivity index (χ1n) is 15.9. The van der Waals surface area contributed by atoms with Crippen LogP contribution in [0.25, 0.3) is 0 Å². The van der Waals surface area contributed by atoms with Gasteiger partial charge >= 0.3 is 0 Å². The molecule has 0 radical (unpaired) electrons. The highest BCUT2D eigenvalue weighted by molar-refractivity contribution is 8.02. The molecule has 1 N–H and O–H groups in total. The van der Waals surface area contributed by atoms with E-state index in [-0.39, 0.29) is 35.5 Å². The Kier molecular flexibility index (Phi) is 10.0. The number of aliphatic hydroxyl groups excluding tert-OH is 1. The molecule has 8 heteroatoms. The molecular weight excluding hydrogens is 570 g/mol. The lowest BCUT2D eigenvalue weighted by Gasteiger charge is -2.42. The average Bonchev–Trinajstić information content (AvgIpc) is 3.64. The van der Waals surface area contributed by atoms with Gasteiger partial charge in [0.05, 0.1) is 29.2 Å². The second-order valence-corrected chi connectivity index (χ2v) is 13.9. The standard InChI is InChI=1S/C36H45N3O4S/c1-5-8-21-37(19-6-2)35(43)32-36-25(4)22-29(44-36)30(33(41)38(20-7-3)27-17-13-10-14-18-27)31(36)34(42)39(32)28(24-40)23-26-15-11-9-12-16-26/h6-7,9-18,25,28-32,40H,2-3,5,8,19-24H2,1,4H3/t25?,28-,29-,30+,31+,32?,36?/m1/s1. The Labute approximate surface area is 266 Å². The molecule has 44 heavy (non-hydrogen) atoms. The molecule has 3 amide bonds. The second kappa shape index (κ2) is 13.7. The van der Waals surface area contributed by atoms with Gasteiger partial charge in [-0.3, -0.25) is 14.4 Å². The van der Waals surface area contributed by atoms with Crippen LogP contribution in [0.15, 0.2) is 86.0 Å². The monoisotopic (exact) mass is 615 g/mol. The van der Waals surface area contributed by atoms with Crippen molar-refractivity contribution in [3.8, 4) is 0 Å². The zero-order valence-electron chi connectivity index (χ0n) is 25.9. The SMILES string of the molecule is C=CCN(CCCC)C(=O)C1N([C@@H](CO)Cc2ccccc2)C(=O)[C@@H]2[C@@H](C(=O)N(CC=C)c3ccccc3)[C@H]3CC(C)C12S3. The van der Waals surface area contributed by atoms with E-state index in [0.717, 1.165) is 30.5 Å². The molecule has 7 atom stereocenters. The number of thioether (sulfide) groups is 1. The number of para-hydroxylation sites is 1. The van der Waals surface area contributed by atoms with Crippen LogP contribution in [0.1, 0.15) is 38.7 Å². The van der Waals surface area contributed by atoms with E-state index < -0.39 is 28.7 Å². The van der Waals surface area contributed by atoms with Crippen molar-refractivity contribution in [3.05, 3.63) is 91.5 Å². The van der Waals surface area contributed by atoms with E-state index in [4.69, 9.17) is 0 Å². The van der Waals surface area contributed by atoms with Gasteiger partial charge in [0.25, 0.3) is 0 Å². The summed E-state index contributed by atoms with van der Waals surface area (Å²) in [6.07, 6.45) is 6.38. The quantitative estimate of drug-likeness (QED) is 0.304. The maximum Gasteiger partial charge on any atom is 0.247 e. The van der Waals surface area contributed by atoms with Crippen LogP contribution in [0.4, 0.5) is 5.69 Å². The number of carbonyl (C=O) groups is 3. The molecule has 0 saturated carbocycles. The molecule has 3 saturated heterocycles. The number of nitrogens with zero attached hydrogens (tertiary/aromatic N) is 3. The first-order chi connectivity index (χ1) is 21.3. The van der Waals surface area contributed by atoms with Gasteiger partial charge in [-0.2, -0.15) is 0 Å². The molecule has 1 spiro atoms. The Hall–Kier alpha value is -3.36. The fourth-order valence-corrected chi connectivity index (χ4v) is 10.2. The van der Waals surface area contributed by atoms with Crippen LogP contribution >= 0.6 is 11.8 Å². The van der Waals surface area contributed by atoms with Crippen molar-refractivity contribution in [2.45, 2.75) is 61.6 Å². The van der Waals surface area contributed by atoms with E-state index in [2.05, 4.69) is 27.0 Å². The molecule has 3 fully saturated rings. The van der Waals surface area contributed by atoms with Crippen LogP contribution < -0.4 is 4.90 Å². The summed E-state index contributed by atoms with van der Waals surface area (Å²) in [5, 5.41) is 10.7. The molecule has 2 aromatic rings. The van der Waals surface area contributed by atoms with E-state index in [1.807, 2.05) is 65.6 Å². The van der Waals surface area contributed by atoms with Crippen molar-refractivity contribution < 1.29 is 19.5 Å². The van der Waals surface area contributed by atoms with Crippen LogP contribution in [0.2, 0.25) is 0 Å². The Morgan fingerprint density at radius 2 is 1.73 bits per heavy atom. The lowest BCUT2D eigenvalue weighted by Crippen LogP contribution is -2.59. The lowest BCUT2D eigenvalue weighted by molar-refractivity contribution is -0.145. The first kappa shape index (κ1) is 32.0. The topological polar surface area (TPSA) is 81.2 Å². The zero-order chi connectivity index (χ0) is 31.4. The number of anilines is 1. The molecular formula is C36H45N3O4S. The van der Waals surface area contributed by atoms with Gasteiger partial charge in [0.2, 0.25) is 17.7 Å². The molecule has 3 unspecified atom stereocenters. The number of carbonyl (C=O) groups excluding carboxylic acids is 3. The first-order valence-corrected chi connectivity index (χ1v) is 16.7. The predicted octanol–water partition coefficient (Wildman–Crippen LogP) is 4.96. The Morgan fingerprint density at radius 1 is 1.07 bits per heavy atom. The summed E-state index contributed by atoms with van der Waals surface area (Å²) in [4.78, 5) is 49.4. The summed E-state index contributed by atoms with van der Waals surface area (Å²) in [6, 6.07) is 17.9. The van der Waals surface area contributed by atoms with Crippen molar-refractivity contribution in [1.82, 2.24) is 9.80 Å². The van der Waals surface area contributed by atoms with E-state index in [0.29, 0.717) is 26.1 Å². The summed E-state index contributed by atoms with van der Waals surface area (Å²) < 4.78 is -0.772. The van der Waals surface area contributed by atoms with Crippen molar-refractivity contribution in [2.75, 3.05) is 31.1 Å². The van der Waals surface area contributed by atoms with Gasteiger partial charge < -0.3 is 19.8 Å². The number of fused-ring (bicyclic) bond motifs is 1. The molecule has 2 aromatic carbocycles.